The van der Waals surface area contributed by atoms with E-state index in [9.17, 15) is 0 Å². The highest BCUT2D eigenvalue weighted by atomic mass is 15.2. The summed E-state index contributed by atoms with van der Waals surface area (Å²) in [6, 6.07) is 0. The van der Waals surface area contributed by atoms with Crippen molar-refractivity contribution >= 4 is 0 Å². The van der Waals surface area contributed by atoms with Gasteiger partial charge in [-0.05, 0) is 7.05 Å². The van der Waals surface area contributed by atoms with Crippen LogP contribution in [0.15, 0.2) is 6.33 Å². The molecule has 0 saturated carbocycles. The van der Waals surface area contributed by atoms with Crippen LogP contribution in [0.25, 0.3) is 0 Å². The smallest absolute Gasteiger partial charge is 0.0952 e. The molecule has 2 rings (SSSR count). The lowest BCUT2D eigenvalue weighted by Crippen LogP contribution is -2.28. The van der Waals surface area contributed by atoms with E-state index in [1.165, 1.54) is 11.4 Å². The number of imidazole rings is 1. The largest absolute Gasteiger partial charge is 0.333 e. The summed E-state index contributed by atoms with van der Waals surface area (Å²) in [6.07, 6.45) is 3.02. The Morgan fingerprint density at radius 1 is 1.62 bits per heavy atom. The van der Waals surface area contributed by atoms with E-state index >= 15 is 0 Å². The first kappa shape index (κ1) is 8.72. The molecule has 13 heavy (non-hydrogen) atoms. The second-order valence-corrected chi connectivity index (χ2v) is 3.61. The van der Waals surface area contributed by atoms with E-state index in [0.29, 0.717) is 6.54 Å². The van der Waals surface area contributed by atoms with Crippen molar-refractivity contribution < 1.29 is 0 Å². The minimum atomic E-state index is 0.693. The average molecular weight is 180 g/mol. The molecule has 1 aliphatic rings. The zero-order valence-corrected chi connectivity index (χ0v) is 8.03. The summed E-state index contributed by atoms with van der Waals surface area (Å²) in [5.41, 5.74) is 8.12. The van der Waals surface area contributed by atoms with Gasteiger partial charge in [0.1, 0.15) is 0 Å². The third kappa shape index (κ3) is 1.59. The Bertz CT molecular complexity index is 278. The van der Waals surface area contributed by atoms with Crippen molar-refractivity contribution in [3.05, 3.63) is 17.7 Å². The molecule has 1 aromatic heterocycles. The fourth-order valence-electron chi connectivity index (χ4n) is 1.83. The monoisotopic (exact) mass is 180 g/mol. The molecule has 0 bridgehead atoms. The lowest BCUT2D eigenvalue weighted by atomic mass is 10.1. The summed E-state index contributed by atoms with van der Waals surface area (Å²) >= 11 is 0. The second-order valence-electron chi connectivity index (χ2n) is 3.61. The molecule has 0 spiro atoms. The van der Waals surface area contributed by atoms with Crippen molar-refractivity contribution in [2.24, 2.45) is 5.73 Å². The van der Waals surface area contributed by atoms with Gasteiger partial charge in [-0.1, -0.05) is 0 Å². The van der Waals surface area contributed by atoms with Crippen LogP contribution in [0, 0.1) is 0 Å². The first-order chi connectivity index (χ1) is 6.31. The molecule has 2 heterocycles. The molecular formula is C9H16N4. The van der Waals surface area contributed by atoms with Crippen LogP contribution in [0.1, 0.15) is 11.4 Å². The van der Waals surface area contributed by atoms with Gasteiger partial charge in [0.15, 0.2) is 0 Å². The fourth-order valence-corrected chi connectivity index (χ4v) is 1.83. The molecule has 1 aliphatic heterocycles. The van der Waals surface area contributed by atoms with Crippen LogP contribution in [0.3, 0.4) is 0 Å². The van der Waals surface area contributed by atoms with Crippen molar-refractivity contribution in [3.8, 4) is 0 Å². The van der Waals surface area contributed by atoms with Crippen LogP contribution in [0.4, 0.5) is 0 Å². The second kappa shape index (κ2) is 3.47. The van der Waals surface area contributed by atoms with Crippen molar-refractivity contribution in [3.63, 3.8) is 0 Å². The van der Waals surface area contributed by atoms with Gasteiger partial charge in [-0.2, -0.15) is 0 Å². The molecule has 0 aliphatic carbocycles. The summed E-state index contributed by atoms with van der Waals surface area (Å²) < 4.78 is 2.18. The van der Waals surface area contributed by atoms with Crippen LogP contribution in [0.5, 0.6) is 0 Å². The molecule has 72 valence electrons. The minimum Gasteiger partial charge on any atom is -0.333 e. The molecular weight excluding hydrogens is 164 g/mol. The van der Waals surface area contributed by atoms with Crippen LogP contribution < -0.4 is 5.73 Å². The molecule has 4 nitrogen and oxygen atoms in total. The molecule has 0 fully saturated rings. The Kier molecular flexibility index (Phi) is 2.33. The molecule has 0 aromatic carbocycles. The van der Waals surface area contributed by atoms with Gasteiger partial charge in [-0.15, -0.1) is 0 Å². The zero-order chi connectivity index (χ0) is 9.26. The quantitative estimate of drug-likeness (QED) is 0.687. The summed E-state index contributed by atoms with van der Waals surface area (Å²) in [5.74, 6) is 0. The molecule has 4 heteroatoms. The number of likely N-dealkylation sites (N-methyl/N-ethyl adjacent to an activating group) is 1. The van der Waals surface area contributed by atoms with Crippen molar-refractivity contribution in [2.45, 2.75) is 19.5 Å². The average Bonchev–Trinajstić information content (AvgIpc) is 2.49. The van der Waals surface area contributed by atoms with Crippen LogP contribution in [-0.4, -0.2) is 34.6 Å². The standard InChI is InChI=1S/C9H16N4/c1-12-4-2-9-8(6-12)11-7-13(9)5-3-10/h7H,2-6,10H2,1H3. The number of nitrogens with two attached hydrogens (primary N) is 1. The van der Waals surface area contributed by atoms with E-state index in [4.69, 9.17) is 5.73 Å². The SMILES string of the molecule is CN1CCc2c(ncn2CCN)C1. The Morgan fingerprint density at radius 3 is 3.23 bits per heavy atom. The number of fused-ring (bicyclic) bond motifs is 1. The minimum absolute atomic E-state index is 0.693. The molecule has 0 unspecified atom stereocenters. The van der Waals surface area contributed by atoms with E-state index in [1.54, 1.807) is 0 Å². The number of aromatic nitrogens is 2. The lowest BCUT2D eigenvalue weighted by molar-refractivity contribution is 0.304. The Hall–Kier alpha value is -0.870. The zero-order valence-electron chi connectivity index (χ0n) is 8.03. The van der Waals surface area contributed by atoms with Gasteiger partial charge in [0, 0.05) is 38.3 Å². The van der Waals surface area contributed by atoms with Gasteiger partial charge in [0.25, 0.3) is 0 Å². The van der Waals surface area contributed by atoms with Crippen molar-refractivity contribution in [2.75, 3.05) is 20.1 Å². The first-order valence-corrected chi connectivity index (χ1v) is 4.72. The third-order valence-electron chi connectivity index (χ3n) is 2.55. The number of hydrogen-bond donors (Lipinski definition) is 1. The maximum absolute atomic E-state index is 5.52. The Balaban J connectivity index is 2.23. The highest BCUT2D eigenvalue weighted by Gasteiger charge is 2.17. The predicted molar refractivity (Wildman–Crippen MR) is 51.3 cm³/mol. The number of hydrogen-bond acceptors (Lipinski definition) is 3. The van der Waals surface area contributed by atoms with Gasteiger partial charge in [0.05, 0.1) is 12.0 Å². The molecule has 1 aromatic rings. The van der Waals surface area contributed by atoms with Crippen LogP contribution in [0.2, 0.25) is 0 Å². The molecule has 2 N–H and O–H groups in total. The van der Waals surface area contributed by atoms with Gasteiger partial charge in [-0.3, -0.25) is 0 Å². The van der Waals surface area contributed by atoms with Crippen LogP contribution in [-0.2, 0) is 19.5 Å². The van der Waals surface area contributed by atoms with Crippen LogP contribution >= 0.6 is 0 Å². The van der Waals surface area contributed by atoms with Gasteiger partial charge < -0.3 is 15.2 Å². The van der Waals surface area contributed by atoms with E-state index in [-0.39, 0.29) is 0 Å². The number of nitrogens with zero attached hydrogens (tertiary/aromatic N) is 3. The van der Waals surface area contributed by atoms with Gasteiger partial charge >= 0.3 is 0 Å². The molecule has 0 atom stereocenters. The van der Waals surface area contributed by atoms with Gasteiger partial charge in [-0.25, -0.2) is 4.98 Å². The maximum atomic E-state index is 5.52. The topological polar surface area (TPSA) is 47.1 Å². The molecule has 0 radical (unpaired) electrons. The van der Waals surface area contributed by atoms with E-state index in [1.807, 2.05) is 6.33 Å². The Labute approximate surface area is 78.4 Å². The summed E-state index contributed by atoms with van der Waals surface area (Å²) in [6.45, 7) is 3.70. The highest BCUT2D eigenvalue weighted by Crippen LogP contribution is 2.15. The number of rotatable bonds is 2. The third-order valence-corrected chi connectivity index (χ3v) is 2.55. The predicted octanol–water partition coefficient (Wildman–Crippen LogP) is -0.170. The molecule has 0 saturated heterocycles. The van der Waals surface area contributed by atoms with Crippen molar-refractivity contribution in [1.82, 2.24) is 14.5 Å². The summed E-state index contributed by atoms with van der Waals surface area (Å²) in [7, 11) is 2.13. The van der Waals surface area contributed by atoms with Gasteiger partial charge in [0.2, 0.25) is 0 Å². The van der Waals surface area contributed by atoms with E-state index in [0.717, 1.165) is 26.1 Å². The first-order valence-electron chi connectivity index (χ1n) is 4.72. The lowest BCUT2D eigenvalue weighted by Gasteiger charge is -2.22. The fraction of sp³-hybridized carbons (Fsp3) is 0.667. The molecule has 0 amide bonds. The normalized spacial score (nSPS) is 17.4. The maximum Gasteiger partial charge on any atom is 0.0952 e. The summed E-state index contributed by atoms with van der Waals surface area (Å²) in [5, 5.41) is 0. The summed E-state index contributed by atoms with van der Waals surface area (Å²) in [4.78, 5) is 6.69. The highest BCUT2D eigenvalue weighted by molar-refractivity contribution is 5.16. The van der Waals surface area contributed by atoms with E-state index in [2.05, 4.69) is 21.5 Å². The Morgan fingerprint density at radius 2 is 2.46 bits per heavy atom. The van der Waals surface area contributed by atoms with Crippen molar-refractivity contribution in [1.29, 1.82) is 0 Å². The van der Waals surface area contributed by atoms with E-state index < -0.39 is 0 Å².